The predicted molar refractivity (Wildman–Crippen MR) is 66.6 cm³/mol. The number of hydrogen-bond acceptors (Lipinski definition) is 6. The zero-order valence-corrected chi connectivity index (χ0v) is 10.0. The van der Waals surface area contributed by atoms with E-state index in [-0.39, 0.29) is 12.4 Å². The van der Waals surface area contributed by atoms with Crippen LogP contribution in [0.5, 0.6) is 0 Å². The van der Waals surface area contributed by atoms with E-state index in [1.165, 1.54) is 12.6 Å². The van der Waals surface area contributed by atoms with Gasteiger partial charge < -0.3 is 20.9 Å². The molecule has 0 atom stereocenters. The molecular weight excluding hydrogens is 234 g/mol. The maximum absolute atomic E-state index is 9.15. The Kier molecular flexibility index (Phi) is 3.93. The summed E-state index contributed by atoms with van der Waals surface area (Å²) in [6.07, 6.45) is 4.79. The lowest BCUT2D eigenvalue weighted by molar-refractivity contribution is 0.282. The Morgan fingerprint density at radius 2 is 2.33 bits per heavy atom. The second kappa shape index (κ2) is 5.63. The molecule has 1 aromatic rings. The van der Waals surface area contributed by atoms with E-state index < -0.39 is 0 Å². The lowest BCUT2D eigenvalue weighted by Gasteiger charge is -2.38. The number of nitrogens with two attached hydrogens (primary N) is 1. The predicted octanol–water partition coefficient (Wildman–Crippen LogP) is -0.0777. The molecule has 1 saturated carbocycles. The summed E-state index contributed by atoms with van der Waals surface area (Å²) in [4.78, 5) is 1.98. The number of anilines is 1. The van der Waals surface area contributed by atoms with Gasteiger partial charge in [-0.3, -0.25) is 0 Å². The second-order valence-corrected chi connectivity index (χ2v) is 4.26. The van der Waals surface area contributed by atoms with E-state index in [1.807, 2.05) is 4.90 Å². The first-order valence-corrected chi connectivity index (χ1v) is 5.95. The number of aliphatic hydroxyl groups excluding tert-OH is 1. The summed E-state index contributed by atoms with van der Waals surface area (Å²) < 4.78 is 0. The molecule has 0 amide bonds. The van der Waals surface area contributed by atoms with Crippen LogP contribution in [0.3, 0.4) is 0 Å². The minimum atomic E-state index is 0.00200. The van der Waals surface area contributed by atoms with E-state index in [4.69, 9.17) is 16.0 Å². The van der Waals surface area contributed by atoms with E-state index in [2.05, 4.69) is 15.4 Å². The molecule has 98 valence electrons. The third-order valence-corrected chi connectivity index (χ3v) is 3.21. The van der Waals surface area contributed by atoms with Gasteiger partial charge in [-0.2, -0.15) is 5.10 Å². The summed E-state index contributed by atoms with van der Waals surface area (Å²) in [5.74, 6) is 0.564. The molecule has 4 N–H and O–H groups in total. The second-order valence-electron chi connectivity index (χ2n) is 4.26. The van der Waals surface area contributed by atoms with Gasteiger partial charge in [-0.15, -0.1) is 5.10 Å². The van der Waals surface area contributed by atoms with Crippen LogP contribution >= 0.6 is 0 Å². The summed E-state index contributed by atoms with van der Waals surface area (Å²) in [6, 6.07) is 2.00. The van der Waals surface area contributed by atoms with Crippen molar-refractivity contribution in [3.8, 4) is 0 Å². The van der Waals surface area contributed by atoms with Gasteiger partial charge in [0.1, 0.15) is 0 Å². The molecule has 0 bridgehead atoms. The number of aliphatic hydroxyl groups is 1. The molecule has 1 aliphatic rings. The Morgan fingerprint density at radius 3 is 2.89 bits per heavy atom. The van der Waals surface area contributed by atoms with Crippen LogP contribution in [0.4, 0.5) is 5.82 Å². The molecule has 7 nitrogen and oxygen atoms in total. The fourth-order valence-corrected chi connectivity index (χ4v) is 2.06. The Bertz CT molecular complexity index is 433. The molecule has 0 spiro atoms. The van der Waals surface area contributed by atoms with Crippen molar-refractivity contribution in [2.75, 3.05) is 18.1 Å². The highest BCUT2D eigenvalue weighted by molar-refractivity contribution is 6.01. The minimum Gasteiger partial charge on any atom is -0.409 e. The molecular formula is C11H17N5O2. The molecule has 18 heavy (non-hydrogen) atoms. The summed E-state index contributed by atoms with van der Waals surface area (Å²) in [6.45, 7) is 0.498. The smallest absolute Gasteiger partial charge is 0.173 e. The lowest BCUT2D eigenvalue weighted by atomic mass is 9.91. The number of hydrogen-bond donors (Lipinski definition) is 3. The van der Waals surface area contributed by atoms with Gasteiger partial charge in [0.2, 0.25) is 0 Å². The molecule has 0 aromatic carbocycles. The minimum absolute atomic E-state index is 0.00200. The van der Waals surface area contributed by atoms with Crippen LogP contribution in [-0.2, 0) is 0 Å². The standard InChI is InChI=1S/C11H17N5O2/c12-10(15-18)9-4-5-13-14-11(9)16(6-7-17)8-2-1-3-8/h4-5,8,17-18H,1-3,6-7H2,(H2,12,15). The highest BCUT2D eigenvalue weighted by Gasteiger charge is 2.28. The zero-order chi connectivity index (χ0) is 13.0. The van der Waals surface area contributed by atoms with Crippen molar-refractivity contribution in [2.45, 2.75) is 25.3 Å². The van der Waals surface area contributed by atoms with Crippen LogP contribution in [-0.4, -0.2) is 45.5 Å². The van der Waals surface area contributed by atoms with Crippen molar-refractivity contribution < 1.29 is 10.3 Å². The van der Waals surface area contributed by atoms with Gasteiger partial charge in [-0.25, -0.2) is 0 Å². The van der Waals surface area contributed by atoms with Crippen molar-refractivity contribution in [1.29, 1.82) is 0 Å². The van der Waals surface area contributed by atoms with Crippen LogP contribution in [0.1, 0.15) is 24.8 Å². The molecule has 1 aromatic heterocycles. The first-order valence-electron chi connectivity index (χ1n) is 5.95. The molecule has 0 aliphatic heterocycles. The Balaban J connectivity index is 2.34. The van der Waals surface area contributed by atoms with E-state index in [9.17, 15) is 0 Å². The van der Waals surface area contributed by atoms with E-state index in [0.29, 0.717) is 24.0 Å². The number of nitrogens with zero attached hydrogens (tertiary/aromatic N) is 4. The van der Waals surface area contributed by atoms with Gasteiger partial charge in [0.05, 0.1) is 18.4 Å². The summed E-state index contributed by atoms with van der Waals surface area (Å²) >= 11 is 0. The monoisotopic (exact) mass is 251 g/mol. The van der Waals surface area contributed by atoms with Gasteiger partial charge in [0.15, 0.2) is 11.7 Å². The van der Waals surface area contributed by atoms with Gasteiger partial charge >= 0.3 is 0 Å². The van der Waals surface area contributed by atoms with Crippen LogP contribution in [0.25, 0.3) is 0 Å². The highest BCUT2D eigenvalue weighted by Crippen LogP contribution is 2.29. The average Bonchev–Trinajstić information content (AvgIpc) is 2.35. The van der Waals surface area contributed by atoms with Crippen molar-refractivity contribution in [3.63, 3.8) is 0 Å². The first-order chi connectivity index (χ1) is 8.77. The van der Waals surface area contributed by atoms with Gasteiger partial charge in [-0.05, 0) is 25.3 Å². The average molecular weight is 251 g/mol. The van der Waals surface area contributed by atoms with Crippen LogP contribution in [0, 0.1) is 0 Å². The lowest BCUT2D eigenvalue weighted by Crippen LogP contribution is -2.43. The van der Waals surface area contributed by atoms with Crippen molar-refractivity contribution >= 4 is 11.7 Å². The molecule has 7 heteroatoms. The van der Waals surface area contributed by atoms with Crippen LogP contribution < -0.4 is 10.6 Å². The molecule has 1 fully saturated rings. The van der Waals surface area contributed by atoms with Crippen molar-refractivity contribution in [2.24, 2.45) is 10.9 Å². The first kappa shape index (κ1) is 12.6. The third kappa shape index (κ3) is 2.35. The summed E-state index contributed by atoms with van der Waals surface area (Å²) in [5, 5.41) is 28.8. The maximum atomic E-state index is 9.15. The molecule has 2 rings (SSSR count). The normalized spacial score (nSPS) is 16.4. The Hall–Kier alpha value is -1.89. The van der Waals surface area contributed by atoms with Gasteiger partial charge in [0.25, 0.3) is 0 Å². The number of aromatic nitrogens is 2. The summed E-state index contributed by atoms with van der Waals surface area (Å²) in [7, 11) is 0. The fraction of sp³-hybridized carbons (Fsp3) is 0.545. The van der Waals surface area contributed by atoms with E-state index in [0.717, 1.165) is 12.8 Å². The molecule has 0 unspecified atom stereocenters. The van der Waals surface area contributed by atoms with Gasteiger partial charge in [0, 0.05) is 12.6 Å². The molecule has 0 saturated heterocycles. The number of amidine groups is 1. The Morgan fingerprint density at radius 1 is 1.56 bits per heavy atom. The molecule has 1 heterocycles. The molecule has 0 radical (unpaired) electrons. The SMILES string of the molecule is N/C(=N/O)c1ccnnc1N(CCO)C1CCC1. The van der Waals surface area contributed by atoms with Crippen molar-refractivity contribution in [3.05, 3.63) is 17.8 Å². The van der Waals surface area contributed by atoms with E-state index >= 15 is 0 Å². The maximum Gasteiger partial charge on any atom is 0.173 e. The summed E-state index contributed by atoms with van der Waals surface area (Å²) in [5.41, 5.74) is 6.17. The van der Waals surface area contributed by atoms with E-state index in [1.54, 1.807) is 6.07 Å². The fourth-order valence-electron chi connectivity index (χ4n) is 2.06. The third-order valence-electron chi connectivity index (χ3n) is 3.21. The highest BCUT2D eigenvalue weighted by atomic mass is 16.4. The van der Waals surface area contributed by atoms with Crippen LogP contribution in [0.15, 0.2) is 17.4 Å². The topological polar surface area (TPSA) is 108 Å². The molecule has 1 aliphatic carbocycles. The number of oxime groups is 1. The Labute approximate surface area is 105 Å². The largest absolute Gasteiger partial charge is 0.409 e. The van der Waals surface area contributed by atoms with Crippen LogP contribution in [0.2, 0.25) is 0 Å². The quantitative estimate of drug-likeness (QED) is 0.292. The van der Waals surface area contributed by atoms with Crippen molar-refractivity contribution in [1.82, 2.24) is 10.2 Å². The van der Waals surface area contributed by atoms with Gasteiger partial charge in [-0.1, -0.05) is 5.16 Å². The zero-order valence-electron chi connectivity index (χ0n) is 10.0. The number of rotatable bonds is 5.